The van der Waals surface area contributed by atoms with Crippen LogP contribution in [0.5, 0.6) is 0 Å². The van der Waals surface area contributed by atoms with Gasteiger partial charge in [-0.15, -0.1) is 0 Å². The fourth-order valence-corrected chi connectivity index (χ4v) is 1.44. The van der Waals surface area contributed by atoms with Gasteiger partial charge in [0.05, 0.1) is 23.3 Å². The van der Waals surface area contributed by atoms with Crippen LogP contribution in [0.4, 0.5) is 4.79 Å². The molecule has 0 heterocycles. The molecule has 5 N–H and O–H groups in total. The Bertz CT molecular complexity index is 597. The molecule has 112 valence electrons. The Morgan fingerprint density at radius 2 is 1.67 bits per heavy atom. The van der Waals surface area contributed by atoms with Crippen molar-refractivity contribution in [1.82, 2.24) is 10.6 Å². The van der Waals surface area contributed by atoms with Crippen LogP contribution in [0.1, 0.15) is 31.1 Å². The number of hydrogen-bond donors (Lipinski definition) is 5. The molecule has 0 saturated carbocycles. The van der Waals surface area contributed by atoms with Gasteiger partial charge in [0.25, 0.3) is 5.91 Å². The van der Waals surface area contributed by atoms with Gasteiger partial charge in [-0.1, -0.05) is 0 Å². The number of rotatable bonds is 5. The molecule has 1 aromatic carbocycles. The van der Waals surface area contributed by atoms with E-state index in [0.29, 0.717) is 0 Å². The van der Waals surface area contributed by atoms with Crippen LogP contribution in [-0.4, -0.2) is 52.3 Å². The highest BCUT2D eigenvalue weighted by atomic mass is 16.4. The lowest BCUT2D eigenvalue weighted by atomic mass is 10.0. The second-order valence-electron chi connectivity index (χ2n) is 3.80. The summed E-state index contributed by atoms with van der Waals surface area (Å²) in [7, 11) is 0. The Hall–Kier alpha value is -2.94. The number of benzene rings is 1. The van der Waals surface area contributed by atoms with Crippen molar-refractivity contribution < 1.29 is 34.5 Å². The Kier molecular flexibility index (Phi) is 5.38. The Balaban J connectivity index is 3.05. The van der Waals surface area contributed by atoms with Crippen molar-refractivity contribution in [3.8, 4) is 0 Å². The number of aromatic carboxylic acids is 2. The van der Waals surface area contributed by atoms with Gasteiger partial charge in [0.1, 0.15) is 0 Å². The standard InChI is InChI=1S/C12H12N2O7/c15-4-3-13-12(21)14-9(16)8-5-6(10(17)18)1-2-7(8)11(19)20/h1-2,5,15H,3-4H2,(H,17,18)(H,19,20)(H2,13,14,16,21). The van der Waals surface area contributed by atoms with Gasteiger partial charge in [-0.05, 0) is 18.2 Å². The van der Waals surface area contributed by atoms with E-state index < -0.39 is 35.0 Å². The number of carbonyl (C=O) groups is 4. The van der Waals surface area contributed by atoms with E-state index in [1.54, 1.807) is 0 Å². The molecule has 1 aromatic rings. The van der Waals surface area contributed by atoms with Gasteiger partial charge in [0, 0.05) is 6.54 Å². The number of carbonyl (C=O) groups excluding carboxylic acids is 2. The molecule has 1 rings (SSSR count). The average Bonchev–Trinajstić information content (AvgIpc) is 2.44. The summed E-state index contributed by atoms with van der Waals surface area (Å²) in [5.41, 5.74) is -1.19. The molecule has 0 saturated heterocycles. The summed E-state index contributed by atoms with van der Waals surface area (Å²) in [5, 5.41) is 30.3. The molecule has 0 radical (unpaired) electrons. The van der Waals surface area contributed by atoms with Crippen molar-refractivity contribution in [2.75, 3.05) is 13.2 Å². The predicted octanol–water partition coefficient (Wildman–Crippen LogP) is -0.485. The summed E-state index contributed by atoms with van der Waals surface area (Å²) in [5.74, 6) is -3.84. The highest BCUT2D eigenvalue weighted by Crippen LogP contribution is 2.13. The molecule has 0 fully saturated rings. The summed E-state index contributed by atoms with van der Waals surface area (Å²) in [6.07, 6.45) is 0. The first-order valence-electron chi connectivity index (χ1n) is 5.67. The Labute approximate surface area is 118 Å². The second-order valence-corrected chi connectivity index (χ2v) is 3.80. The number of carboxylic acid groups (broad SMARTS) is 2. The van der Waals surface area contributed by atoms with Gasteiger partial charge < -0.3 is 20.6 Å². The van der Waals surface area contributed by atoms with E-state index in [-0.39, 0.29) is 18.7 Å². The van der Waals surface area contributed by atoms with Crippen LogP contribution in [0.15, 0.2) is 18.2 Å². The molecule has 0 aromatic heterocycles. The van der Waals surface area contributed by atoms with Gasteiger partial charge in [-0.25, -0.2) is 14.4 Å². The normalized spacial score (nSPS) is 9.76. The summed E-state index contributed by atoms with van der Waals surface area (Å²) in [6, 6.07) is 1.92. The molecular weight excluding hydrogens is 284 g/mol. The van der Waals surface area contributed by atoms with Crippen molar-refractivity contribution in [1.29, 1.82) is 0 Å². The Morgan fingerprint density at radius 3 is 2.19 bits per heavy atom. The smallest absolute Gasteiger partial charge is 0.336 e. The van der Waals surface area contributed by atoms with Crippen LogP contribution in [0.25, 0.3) is 0 Å². The predicted molar refractivity (Wildman–Crippen MR) is 68.3 cm³/mol. The number of aliphatic hydroxyl groups is 1. The fraction of sp³-hybridized carbons (Fsp3) is 0.167. The van der Waals surface area contributed by atoms with Crippen molar-refractivity contribution >= 4 is 23.9 Å². The van der Waals surface area contributed by atoms with E-state index >= 15 is 0 Å². The number of amides is 3. The van der Waals surface area contributed by atoms with Crippen molar-refractivity contribution in [3.63, 3.8) is 0 Å². The van der Waals surface area contributed by atoms with E-state index in [1.165, 1.54) is 0 Å². The minimum atomic E-state index is -1.44. The lowest BCUT2D eigenvalue weighted by Crippen LogP contribution is -2.41. The lowest BCUT2D eigenvalue weighted by Gasteiger charge is -2.08. The van der Waals surface area contributed by atoms with Gasteiger partial charge >= 0.3 is 18.0 Å². The molecule has 0 unspecified atom stereocenters. The van der Waals surface area contributed by atoms with E-state index in [2.05, 4.69) is 5.32 Å². The zero-order valence-electron chi connectivity index (χ0n) is 10.6. The third-order valence-corrected chi connectivity index (χ3v) is 2.37. The number of hydrogen-bond acceptors (Lipinski definition) is 5. The monoisotopic (exact) mass is 296 g/mol. The average molecular weight is 296 g/mol. The molecule has 0 aliphatic carbocycles. The number of carboxylic acids is 2. The molecule has 0 bridgehead atoms. The van der Waals surface area contributed by atoms with Gasteiger partial charge in [-0.2, -0.15) is 0 Å². The number of aliphatic hydroxyl groups excluding tert-OH is 1. The van der Waals surface area contributed by atoms with Gasteiger partial charge in [-0.3, -0.25) is 10.1 Å². The largest absolute Gasteiger partial charge is 0.478 e. The maximum Gasteiger partial charge on any atom is 0.336 e. The topological polar surface area (TPSA) is 153 Å². The van der Waals surface area contributed by atoms with Crippen molar-refractivity contribution in [3.05, 3.63) is 34.9 Å². The highest BCUT2D eigenvalue weighted by molar-refractivity contribution is 6.11. The van der Waals surface area contributed by atoms with Crippen LogP contribution in [0.2, 0.25) is 0 Å². The van der Waals surface area contributed by atoms with Crippen molar-refractivity contribution in [2.45, 2.75) is 0 Å². The van der Waals surface area contributed by atoms with E-state index in [0.717, 1.165) is 18.2 Å². The molecular formula is C12H12N2O7. The van der Waals surface area contributed by atoms with Gasteiger partial charge in [0.2, 0.25) is 0 Å². The van der Waals surface area contributed by atoms with Crippen LogP contribution < -0.4 is 10.6 Å². The highest BCUT2D eigenvalue weighted by Gasteiger charge is 2.20. The second kappa shape index (κ2) is 7.01. The fourth-order valence-electron chi connectivity index (χ4n) is 1.44. The molecule has 0 aliphatic heterocycles. The summed E-state index contributed by atoms with van der Waals surface area (Å²) in [4.78, 5) is 44.9. The maximum absolute atomic E-state index is 11.8. The summed E-state index contributed by atoms with van der Waals surface area (Å²) >= 11 is 0. The minimum absolute atomic E-state index is 0.0972. The Morgan fingerprint density at radius 1 is 1.00 bits per heavy atom. The van der Waals surface area contributed by atoms with E-state index in [1.807, 2.05) is 5.32 Å². The molecule has 0 spiro atoms. The van der Waals surface area contributed by atoms with Gasteiger partial charge in [0.15, 0.2) is 0 Å². The molecule has 21 heavy (non-hydrogen) atoms. The number of urea groups is 1. The lowest BCUT2D eigenvalue weighted by molar-refractivity contribution is 0.0678. The third-order valence-electron chi connectivity index (χ3n) is 2.37. The molecule has 0 atom stereocenters. The molecule has 0 aliphatic rings. The number of imide groups is 1. The molecule has 3 amide bonds. The van der Waals surface area contributed by atoms with Crippen LogP contribution >= 0.6 is 0 Å². The van der Waals surface area contributed by atoms with Crippen LogP contribution in [0.3, 0.4) is 0 Å². The van der Waals surface area contributed by atoms with E-state index in [4.69, 9.17) is 15.3 Å². The van der Waals surface area contributed by atoms with E-state index in [9.17, 15) is 19.2 Å². The maximum atomic E-state index is 11.8. The quantitative estimate of drug-likeness (QED) is 0.491. The first kappa shape index (κ1) is 16.1. The summed E-state index contributed by atoms with van der Waals surface area (Å²) < 4.78 is 0. The minimum Gasteiger partial charge on any atom is -0.478 e. The zero-order valence-corrected chi connectivity index (χ0v) is 10.6. The SMILES string of the molecule is O=C(NCCO)NC(=O)c1cc(C(=O)O)ccc1C(=O)O. The third kappa shape index (κ3) is 4.28. The first-order chi connectivity index (χ1) is 9.86. The zero-order chi connectivity index (χ0) is 16.0. The molecule has 9 heteroatoms. The summed E-state index contributed by atoms with van der Waals surface area (Å²) in [6.45, 7) is -0.434. The van der Waals surface area contributed by atoms with Crippen LogP contribution in [0, 0.1) is 0 Å². The van der Waals surface area contributed by atoms with Crippen LogP contribution in [-0.2, 0) is 0 Å². The van der Waals surface area contributed by atoms with Crippen molar-refractivity contribution in [2.24, 2.45) is 0 Å². The number of nitrogens with one attached hydrogen (secondary N) is 2. The first-order valence-corrected chi connectivity index (χ1v) is 5.67. The molecule has 9 nitrogen and oxygen atoms in total.